The second-order valence-electron chi connectivity index (χ2n) is 4.95. The number of amides is 1. The van der Waals surface area contributed by atoms with Gasteiger partial charge in [-0.2, -0.15) is 0 Å². The highest BCUT2D eigenvalue weighted by Gasteiger charge is 2.24. The van der Waals surface area contributed by atoms with Crippen molar-refractivity contribution in [3.05, 3.63) is 28.5 Å². The van der Waals surface area contributed by atoms with E-state index in [2.05, 4.69) is 25.8 Å². The third kappa shape index (κ3) is 4.01. The molecule has 110 valence electrons. The number of pyridine rings is 1. The molecule has 0 spiro atoms. The largest absolute Gasteiger partial charge is 0.372 e. The van der Waals surface area contributed by atoms with Crippen molar-refractivity contribution >= 4 is 21.8 Å². The van der Waals surface area contributed by atoms with Crippen LogP contribution in [0.1, 0.15) is 12.6 Å². The van der Waals surface area contributed by atoms with Crippen LogP contribution in [0.4, 0.5) is 0 Å². The standard InChI is InChI=1S/C14H20BrN3O2/c1-11(20-2)14(19)18-7-5-17(6-8-18)10-13-4-3-12(15)9-16-13/h3-4,9,11H,5-8,10H2,1-2H3/t11-/m0/s1. The van der Waals surface area contributed by atoms with E-state index < -0.39 is 0 Å². The average molecular weight is 342 g/mol. The Balaban J connectivity index is 1.82. The molecule has 0 aromatic carbocycles. The van der Waals surface area contributed by atoms with Crippen molar-refractivity contribution < 1.29 is 9.53 Å². The minimum Gasteiger partial charge on any atom is -0.372 e. The predicted octanol–water partition coefficient (Wildman–Crippen LogP) is 1.52. The van der Waals surface area contributed by atoms with Gasteiger partial charge in [0.2, 0.25) is 0 Å². The quantitative estimate of drug-likeness (QED) is 0.833. The third-order valence-corrected chi connectivity index (χ3v) is 4.03. The number of carbonyl (C=O) groups excluding carboxylic acids is 1. The minimum atomic E-state index is -0.352. The number of aromatic nitrogens is 1. The fraction of sp³-hybridized carbons (Fsp3) is 0.571. The van der Waals surface area contributed by atoms with Gasteiger partial charge in [0.25, 0.3) is 5.91 Å². The van der Waals surface area contributed by atoms with E-state index in [1.165, 1.54) is 0 Å². The minimum absolute atomic E-state index is 0.0777. The highest BCUT2D eigenvalue weighted by atomic mass is 79.9. The van der Waals surface area contributed by atoms with Gasteiger partial charge in [-0.3, -0.25) is 14.7 Å². The van der Waals surface area contributed by atoms with Crippen molar-refractivity contribution in [1.82, 2.24) is 14.8 Å². The zero-order valence-electron chi connectivity index (χ0n) is 11.9. The first-order valence-corrected chi connectivity index (χ1v) is 7.54. The van der Waals surface area contributed by atoms with Crippen LogP contribution in [-0.4, -0.2) is 60.1 Å². The Kier molecular flexibility index (Phi) is 5.51. The molecule has 0 radical (unpaired) electrons. The van der Waals surface area contributed by atoms with Crippen LogP contribution in [0, 0.1) is 0 Å². The Morgan fingerprint density at radius 2 is 2.10 bits per heavy atom. The van der Waals surface area contributed by atoms with Gasteiger partial charge in [0.05, 0.1) is 5.69 Å². The van der Waals surface area contributed by atoms with Gasteiger partial charge < -0.3 is 9.64 Å². The lowest BCUT2D eigenvalue weighted by Gasteiger charge is -2.35. The molecule has 1 saturated heterocycles. The average Bonchev–Trinajstić information content (AvgIpc) is 2.49. The summed E-state index contributed by atoms with van der Waals surface area (Å²) < 4.78 is 6.07. The molecule has 1 aromatic rings. The van der Waals surface area contributed by atoms with Crippen LogP contribution in [0.2, 0.25) is 0 Å². The number of halogens is 1. The zero-order valence-corrected chi connectivity index (χ0v) is 13.5. The van der Waals surface area contributed by atoms with Gasteiger partial charge in [0.1, 0.15) is 6.10 Å². The Bertz CT molecular complexity index is 444. The topological polar surface area (TPSA) is 45.7 Å². The van der Waals surface area contributed by atoms with Gasteiger partial charge in [0.15, 0.2) is 0 Å². The second kappa shape index (κ2) is 7.15. The molecule has 0 unspecified atom stereocenters. The fourth-order valence-corrected chi connectivity index (χ4v) is 2.45. The molecule has 6 heteroatoms. The molecule has 1 atom stereocenters. The molecule has 2 heterocycles. The third-order valence-electron chi connectivity index (χ3n) is 3.56. The summed E-state index contributed by atoms with van der Waals surface area (Å²) in [6.45, 7) is 5.88. The molecular formula is C14H20BrN3O2. The number of carbonyl (C=O) groups is 1. The molecule has 2 rings (SSSR count). The molecule has 1 aromatic heterocycles. The number of nitrogens with zero attached hydrogens (tertiary/aromatic N) is 3. The fourth-order valence-electron chi connectivity index (χ4n) is 2.21. The zero-order chi connectivity index (χ0) is 14.5. The van der Waals surface area contributed by atoms with Gasteiger partial charge in [-0.25, -0.2) is 0 Å². The highest BCUT2D eigenvalue weighted by molar-refractivity contribution is 9.10. The van der Waals surface area contributed by atoms with Crippen molar-refractivity contribution in [3.63, 3.8) is 0 Å². The number of rotatable bonds is 4. The van der Waals surface area contributed by atoms with E-state index in [4.69, 9.17) is 4.74 Å². The van der Waals surface area contributed by atoms with Crippen molar-refractivity contribution in [2.45, 2.75) is 19.6 Å². The van der Waals surface area contributed by atoms with E-state index in [1.54, 1.807) is 14.0 Å². The first kappa shape index (κ1) is 15.4. The van der Waals surface area contributed by atoms with Gasteiger partial charge in [-0.15, -0.1) is 0 Å². The van der Waals surface area contributed by atoms with Gasteiger partial charge in [-0.1, -0.05) is 0 Å². The van der Waals surface area contributed by atoms with Crippen LogP contribution in [-0.2, 0) is 16.1 Å². The van der Waals surface area contributed by atoms with Crippen LogP contribution in [0.25, 0.3) is 0 Å². The summed E-state index contributed by atoms with van der Waals surface area (Å²) in [5, 5.41) is 0. The SMILES string of the molecule is CO[C@@H](C)C(=O)N1CCN(Cc2ccc(Br)cn2)CC1. The predicted molar refractivity (Wildman–Crippen MR) is 80.3 cm³/mol. The monoisotopic (exact) mass is 341 g/mol. The molecule has 1 aliphatic heterocycles. The molecule has 0 N–H and O–H groups in total. The van der Waals surface area contributed by atoms with Gasteiger partial charge in [0, 0.05) is 50.5 Å². The summed E-state index contributed by atoms with van der Waals surface area (Å²) in [5.41, 5.74) is 1.05. The maximum Gasteiger partial charge on any atom is 0.251 e. The van der Waals surface area contributed by atoms with Gasteiger partial charge >= 0.3 is 0 Å². The molecule has 1 amide bonds. The highest BCUT2D eigenvalue weighted by Crippen LogP contribution is 2.11. The molecule has 0 saturated carbocycles. The molecule has 0 aliphatic carbocycles. The van der Waals surface area contributed by atoms with Crippen molar-refractivity contribution in [2.24, 2.45) is 0 Å². The summed E-state index contributed by atoms with van der Waals surface area (Å²) >= 11 is 3.38. The van der Waals surface area contributed by atoms with Crippen molar-refractivity contribution in [2.75, 3.05) is 33.3 Å². The number of hydrogen-bond donors (Lipinski definition) is 0. The maximum atomic E-state index is 12.0. The summed E-state index contributed by atoms with van der Waals surface area (Å²) in [6, 6.07) is 4.02. The van der Waals surface area contributed by atoms with E-state index in [0.717, 1.165) is 42.9 Å². The van der Waals surface area contributed by atoms with Crippen molar-refractivity contribution in [1.29, 1.82) is 0 Å². The van der Waals surface area contributed by atoms with Crippen LogP contribution in [0.15, 0.2) is 22.8 Å². The van der Waals surface area contributed by atoms with Crippen LogP contribution in [0.3, 0.4) is 0 Å². The summed E-state index contributed by atoms with van der Waals surface area (Å²) in [7, 11) is 1.57. The van der Waals surface area contributed by atoms with Crippen molar-refractivity contribution in [3.8, 4) is 0 Å². The number of methoxy groups -OCH3 is 1. The Morgan fingerprint density at radius 1 is 1.40 bits per heavy atom. The Labute approximate surface area is 128 Å². The Hall–Kier alpha value is -0.980. The van der Waals surface area contributed by atoms with E-state index in [1.807, 2.05) is 23.2 Å². The molecule has 1 fully saturated rings. The van der Waals surface area contributed by atoms with E-state index >= 15 is 0 Å². The van der Waals surface area contributed by atoms with E-state index in [-0.39, 0.29) is 12.0 Å². The summed E-state index contributed by atoms with van der Waals surface area (Å²) in [4.78, 5) is 20.6. The molecule has 5 nitrogen and oxygen atoms in total. The molecule has 1 aliphatic rings. The number of hydrogen-bond acceptors (Lipinski definition) is 4. The smallest absolute Gasteiger partial charge is 0.251 e. The lowest BCUT2D eigenvalue weighted by molar-refractivity contribution is -0.142. The number of piperazine rings is 1. The molecule has 0 bridgehead atoms. The summed E-state index contributed by atoms with van der Waals surface area (Å²) in [6.07, 6.45) is 1.46. The van der Waals surface area contributed by atoms with E-state index in [0.29, 0.717) is 0 Å². The normalized spacial score (nSPS) is 18.1. The molecule has 20 heavy (non-hydrogen) atoms. The van der Waals surface area contributed by atoms with E-state index in [9.17, 15) is 4.79 Å². The lowest BCUT2D eigenvalue weighted by atomic mass is 10.2. The Morgan fingerprint density at radius 3 is 2.65 bits per heavy atom. The number of ether oxygens (including phenoxy) is 1. The van der Waals surface area contributed by atoms with Gasteiger partial charge in [-0.05, 0) is 35.0 Å². The lowest BCUT2D eigenvalue weighted by Crippen LogP contribution is -2.51. The van der Waals surface area contributed by atoms with Crippen LogP contribution < -0.4 is 0 Å². The first-order valence-electron chi connectivity index (χ1n) is 6.74. The van der Waals surface area contributed by atoms with Crippen LogP contribution in [0.5, 0.6) is 0 Å². The summed E-state index contributed by atoms with van der Waals surface area (Å²) in [5.74, 6) is 0.0777. The van der Waals surface area contributed by atoms with Crippen LogP contribution >= 0.6 is 15.9 Å². The second-order valence-corrected chi connectivity index (χ2v) is 5.86. The first-order chi connectivity index (χ1) is 9.60. The maximum absolute atomic E-state index is 12.0. The molecular weight excluding hydrogens is 322 g/mol.